The van der Waals surface area contributed by atoms with Crippen molar-refractivity contribution in [2.45, 2.75) is 32.6 Å². The second-order valence-electron chi connectivity index (χ2n) is 5.82. The van der Waals surface area contributed by atoms with Gasteiger partial charge in [0.2, 0.25) is 0 Å². The van der Waals surface area contributed by atoms with Crippen molar-refractivity contribution in [3.63, 3.8) is 0 Å². The topological polar surface area (TPSA) is 60.9 Å². The highest BCUT2D eigenvalue weighted by Gasteiger charge is 2.31. The zero-order valence-electron chi connectivity index (χ0n) is 12.8. The summed E-state index contributed by atoms with van der Waals surface area (Å²) in [7, 11) is 1.80. The number of anilines is 1. The van der Waals surface area contributed by atoms with E-state index in [-0.39, 0.29) is 12.2 Å². The van der Waals surface area contributed by atoms with Crippen molar-refractivity contribution in [3.05, 3.63) is 46.2 Å². The molecule has 1 aromatic heterocycles. The van der Waals surface area contributed by atoms with E-state index in [2.05, 4.69) is 5.10 Å². The minimum atomic E-state index is -0.602. The Morgan fingerprint density at radius 3 is 2.38 bits per heavy atom. The fourth-order valence-electron chi connectivity index (χ4n) is 2.31. The summed E-state index contributed by atoms with van der Waals surface area (Å²) in [6.07, 6.45) is 0.257. The summed E-state index contributed by atoms with van der Waals surface area (Å²) in [5, 5.41) is 4.81. The summed E-state index contributed by atoms with van der Waals surface area (Å²) in [5.74, 6) is 0.0946. The number of nitrogen functional groups attached to an aromatic ring is 1. The molecule has 0 amide bonds. The highest BCUT2D eigenvalue weighted by molar-refractivity contribution is 6.32. The van der Waals surface area contributed by atoms with Crippen LogP contribution in [0.5, 0.6) is 0 Å². The van der Waals surface area contributed by atoms with Crippen molar-refractivity contribution in [2.24, 2.45) is 7.05 Å². The van der Waals surface area contributed by atoms with Crippen molar-refractivity contribution in [1.82, 2.24) is 9.78 Å². The third-order valence-corrected chi connectivity index (χ3v) is 4.41. The lowest BCUT2D eigenvalue weighted by Crippen LogP contribution is -2.31. The number of rotatable bonds is 4. The first-order chi connectivity index (χ1) is 9.73. The third-order valence-electron chi connectivity index (χ3n) is 3.92. The van der Waals surface area contributed by atoms with Gasteiger partial charge in [-0.05, 0) is 38.5 Å². The molecule has 0 saturated carbocycles. The first-order valence-electron chi connectivity index (χ1n) is 6.80. The molecule has 0 unspecified atom stereocenters. The lowest BCUT2D eigenvalue weighted by Gasteiger charge is -2.24. The quantitative estimate of drug-likeness (QED) is 0.883. The number of Topliss-reactive ketones (excluding diaryl/α,β-unsaturated/α-hetero) is 1. The van der Waals surface area contributed by atoms with Gasteiger partial charge in [0.05, 0.1) is 22.8 Å². The molecule has 0 fully saturated rings. The number of aryl methyl sites for hydroxylation is 2. The first kappa shape index (κ1) is 15.6. The average molecular weight is 306 g/mol. The van der Waals surface area contributed by atoms with Crippen LogP contribution in [0.25, 0.3) is 0 Å². The molecule has 0 aliphatic rings. The minimum Gasteiger partial charge on any atom is -0.399 e. The molecule has 0 atom stereocenters. The molecule has 2 N–H and O–H groups in total. The van der Waals surface area contributed by atoms with Crippen molar-refractivity contribution >= 4 is 23.1 Å². The van der Waals surface area contributed by atoms with E-state index < -0.39 is 5.41 Å². The number of aromatic nitrogens is 2. The number of nitrogens with zero attached hydrogens (tertiary/aromatic N) is 2. The number of hydrogen-bond donors (Lipinski definition) is 1. The summed E-state index contributed by atoms with van der Waals surface area (Å²) in [4.78, 5) is 12.7. The molecule has 0 aliphatic heterocycles. The summed E-state index contributed by atoms with van der Waals surface area (Å²) in [6, 6.07) is 7.41. The molecule has 0 spiro atoms. The molecule has 5 heteroatoms. The van der Waals surface area contributed by atoms with E-state index in [1.165, 1.54) is 0 Å². The normalized spacial score (nSPS) is 11.7. The molecule has 2 aromatic rings. The fourth-order valence-corrected chi connectivity index (χ4v) is 2.53. The molecule has 1 heterocycles. The molecular formula is C16H20ClN3O. The van der Waals surface area contributed by atoms with E-state index in [1.54, 1.807) is 11.7 Å². The fraction of sp³-hybridized carbons (Fsp3) is 0.375. The molecular weight excluding hydrogens is 286 g/mol. The number of carbonyl (C=O) groups excluding carboxylic acids is 1. The van der Waals surface area contributed by atoms with E-state index in [1.807, 2.05) is 45.0 Å². The largest absolute Gasteiger partial charge is 0.399 e. The van der Waals surface area contributed by atoms with E-state index in [0.717, 1.165) is 17.0 Å². The highest BCUT2D eigenvalue weighted by Crippen LogP contribution is 2.28. The molecule has 4 nitrogen and oxygen atoms in total. The summed E-state index contributed by atoms with van der Waals surface area (Å²) < 4.78 is 1.68. The number of ketones is 1. The van der Waals surface area contributed by atoms with Gasteiger partial charge in [-0.1, -0.05) is 23.7 Å². The number of benzene rings is 1. The second-order valence-corrected chi connectivity index (χ2v) is 6.19. The van der Waals surface area contributed by atoms with Crippen LogP contribution in [0.1, 0.15) is 30.8 Å². The number of hydrogen-bond acceptors (Lipinski definition) is 3. The molecule has 0 bridgehead atoms. The molecule has 1 aromatic carbocycles. The Hall–Kier alpha value is -1.81. The van der Waals surface area contributed by atoms with Crippen LogP contribution in [0, 0.1) is 6.92 Å². The summed E-state index contributed by atoms with van der Waals surface area (Å²) >= 11 is 6.22. The minimum absolute atomic E-state index is 0.0946. The van der Waals surface area contributed by atoms with Gasteiger partial charge in [-0.3, -0.25) is 9.48 Å². The highest BCUT2D eigenvalue weighted by atomic mass is 35.5. The van der Waals surface area contributed by atoms with Crippen LogP contribution in [0.15, 0.2) is 24.3 Å². The van der Waals surface area contributed by atoms with Gasteiger partial charge in [-0.25, -0.2) is 0 Å². The van der Waals surface area contributed by atoms with Gasteiger partial charge in [-0.15, -0.1) is 0 Å². The number of halogens is 1. The van der Waals surface area contributed by atoms with Crippen LogP contribution in [0.3, 0.4) is 0 Å². The van der Waals surface area contributed by atoms with Gasteiger partial charge in [0.1, 0.15) is 5.78 Å². The Kier molecular flexibility index (Phi) is 4.10. The molecule has 21 heavy (non-hydrogen) atoms. The standard InChI is InChI=1S/C16H20ClN3O/c1-10-15(17)13(20(4)19-10)9-14(21)16(2,3)11-5-7-12(18)8-6-11/h5-8H,9,18H2,1-4H3. The lowest BCUT2D eigenvalue weighted by molar-refractivity contribution is -0.122. The van der Waals surface area contributed by atoms with Crippen LogP contribution in [0.2, 0.25) is 5.02 Å². The van der Waals surface area contributed by atoms with Gasteiger partial charge in [0, 0.05) is 18.2 Å². The zero-order valence-corrected chi connectivity index (χ0v) is 13.5. The zero-order chi connectivity index (χ0) is 15.8. The van der Waals surface area contributed by atoms with E-state index in [4.69, 9.17) is 17.3 Å². The van der Waals surface area contributed by atoms with Crippen LogP contribution >= 0.6 is 11.6 Å². The maximum absolute atomic E-state index is 12.7. The Morgan fingerprint density at radius 2 is 1.90 bits per heavy atom. The molecule has 2 rings (SSSR count). The van der Waals surface area contributed by atoms with Crippen LogP contribution in [0.4, 0.5) is 5.69 Å². The second kappa shape index (κ2) is 5.53. The van der Waals surface area contributed by atoms with E-state index in [0.29, 0.717) is 10.7 Å². The Bertz CT molecular complexity index is 672. The van der Waals surface area contributed by atoms with Gasteiger partial charge in [0.25, 0.3) is 0 Å². The lowest BCUT2D eigenvalue weighted by atomic mass is 9.79. The van der Waals surface area contributed by atoms with E-state index in [9.17, 15) is 4.79 Å². The summed E-state index contributed by atoms with van der Waals surface area (Å²) in [5.41, 5.74) is 8.22. The SMILES string of the molecule is Cc1nn(C)c(CC(=O)C(C)(C)c2ccc(N)cc2)c1Cl. The van der Waals surface area contributed by atoms with E-state index >= 15 is 0 Å². The Morgan fingerprint density at radius 1 is 1.33 bits per heavy atom. The van der Waals surface area contributed by atoms with Crippen molar-refractivity contribution in [3.8, 4) is 0 Å². The predicted molar refractivity (Wildman–Crippen MR) is 85.5 cm³/mol. The van der Waals surface area contributed by atoms with Gasteiger partial charge in [0.15, 0.2) is 0 Å². The molecule has 0 aliphatic carbocycles. The predicted octanol–water partition coefficient (Wildman–Crippen LogP) is 3.05. The van der Waals surface area contributed by atoms with Crippen molar-refractivity contribution < 1.29 is 4.79 Å². The third kappa shape index (κ3) is 2.95. The molecule has 112 valence electrons. The van der Waals surface area contributed by atoms with Crippen LogP contribution in [-0.2, 0) is 23.7 Å². The summed E-state index contributed by atoms with van der Waals surface area (Å²) in [6.45, 7) is 5.66. The molecule has 0 saturated heterocycles. The molecule has 0 radical (unpaired) electrons. The Labute approximate surface area is 129 Å². The van der Waals surface area contributed by atoms with Crippen LogP contribution in [-0.4, -0.2) is 15.6 Å². The monoisotopic (exact) mass is 305 g/mol. The van der Waals surface area contributed by atoms with Crippen LogP contribution < -0.4 is 5.73 Å². The first-order valence-corrected chi connectivity index (χ1v) is 7.18. The Balaban J connectivity index is 2.28. The average Bonchev–Trinajstić information content (AvgIpc) is 2.65. The van der Waals surface area contributed by atoms with Crippen molar-refractivity contribution in [1.29, 1.82) is 0 Å². The smallest absolute Gasteiger partial charge is 0.148 e. The van der Waals surface area contributed by atoms with Gasteiger partial charge in [-0.2, -0.15) is 5.10 Å². The van der Waals surface area contributed by atoms with Gasteiger partial charge >= 0.3 is 0 Å². The maximum atomic E-state index is 12.7. The maximum Gasteiger partial charge on any atom is 0.148 e. The number of nitrogens with two attached hydrogens (primary N) is 1. The number of carbonyl (C=O) groups is 1. The van der Waals surface area contributed by atoms with Crippen molar-refractivity contribution in [2.75, 3.05) is 5.73 Å². The van der Waals surface area contributed by atoms with Gasteiger partial charge < -0.3 is 5.73 Å².